The molecule has 4 heteroatoms. The first-order chi connectivity index (χ1) is 7.20. The minimum Gasteiger partial charge on any atom is -0.477 e. The Morgan fingerprint density at radius 1 is 1.60 bits per heavy atom. The van der Waals surface area contributed by atoms with E-state index in [9.17, 15) is 9.18 Å². The number of carbonyl (C=O) groups is 1. The van der Waals surface area contributed by atoms with Crippen molar-refractivity contribution < 1.29 is 18.7 Å². The third-order valence-corrected chi connectivity index (χ3v) is 1.67. The van der Waals surface area contributed by atoms with Crippen molar-refractivity contribution in [2.45, 2.75) is 0 Å². The van der Waals surface area contributed by atoms with Gasteiger partial charge in [0.1, 0.15) is 12.2 Å². The van der Waals surface area contributed by atoms with Gasteiger partial charge in [-0.25, -0.2) is 9.18 Å². The summed E-state index contributed by atoms with van der Waals surface area (Å²) in [6.45, 7) is -0.106. The van der Waals surface area contributed by atoms with Crippen LogP contribution >= 0.6 is 0 Å². The molecule has 0 amide bonds. The number of methoxy groups -OCH3 is 1. The van der Waals surface area contributed by atoms with Crippen LogP contribution in [0.4, 0.5) is 4.39 Å². The second-order valence-corrected chi connectivity index (χ2v) is 2.60. The van der Waals surface area contributed by atoms with Crippen molar-refractivity contribution in [3.05, 3.63) is 29.6 Å². The zero-order valence-electron chi connectivity index (χ0n) is 8.12. The largest absolute Gasteiger partial charge is 0.477 e. The number of hydrogen-bond acceptors (Lipinski definition) is 3. The minimum atomic E-state index is -0.665. The minimum absolute atomic E-state index is 0.0211. The topological polar surface area (TPSA) is 35.5 Å². The summed E-state index contributed by atoms with van der Waals surface area (Å²) in [5.74, 6) is 0.698. The molecular formula is C11H9FO3. The molecule has 0 aromatic heterocycles. The highest BCUT2D eigenvalue weighted by Gasteiger charge is 2.16. The fraction of sp³-hybridized carbons (Fsp3) is 0.182. The molecule has 0 atom stereocenters. The van der Waals surface area contributed by atoms with Crippen LogP contribution in [0.5, 0.6) is 5.75 Å². The fourth-order valence-corrected chi connectivity index (χ4v) is 1.04. The van der Waals surface area contributed by atoms with Crippen molar-refractivity contribution in [3.63, 3.8) is 0 Å². The summed E-state index contributed by atoms with van der Waals surface area (Å²) < 4.78 is 22.7. The van der Waals surface area contributed by atoms with E-state index < -0.39 is 11.8 Å². The molecule has 3 nitrogen and oxygen atoms in total. The molecule has 0 bridgehead atoms. The van der Waals surface area contributed by atoms with Crippen molar-refractivity contribution in [1.82, 2.24) is 0 Å². The van der Waals surface area contributed by atoms with Gasteiger partial charge in [-0.05, 0) is 12.1 Å². The van der Waals surface area contributed by atoms with Crippen LogP contribution in [0.3, 0.4) is 0 Å². The van der Waals surface area contributed by atoms with E-state index in [1.807, 2.05) is 0 Å². The Hall–Kier alpha value is -2.02. The predicted octanol–water partition coefficient (Wildman–Crippen LogP) is 1.62. The Balaban J connectivity index is 3.09. The third kappa shape index (κ3) is 2.47. The fourth-order valence-electron chi connectivity index (χ4n) is 1.04. The van der Waals surface area contributed by atoms with E-state index in [0.717, 1.165) is 0 Å². The monoisotopic (exact) mass is 208 g/mol. The Morgan fingerprint density at radius 2 is 2.33 bits per heavy atom. The Morgan fingerprint density at radius 3 is 2.93 bits per heavy atom. The molecule has 78 valence electrons. The standard InChI is InChI=1S/C11H9FO3/c1-3-7-15-10-8(11(13)14-2)5-4-6-9(10)12/h1,4-6H,7H2,2H3. The first kappa shape index (κ1) is 11.1. The number of para-hydroxylation sites is 1. The molecule has 0 fully saturated rings. The second kappa shape index (κ2) is 5.01. The maximum absolute atomic E-state index is 13.3. The number of ether oxygens (including phenoxy) is 2. The normalized spacial score (nSPS) is 9.13. The lowest BCUT2D eigenvalue weighted by molar-refractivity contribution is 0.0595. The summed E-state index contributed by atoms with van der Waals surface area (Å²) >= 11 is 0. The maximum atomic E-state index is 13.3. The van der Waals surface area contributed by atoms with Crippen LogP contribution in [0.25, 0.3) is 0 Å². The quantitative estimate of drug-likeness (QED) is 0.559. The van der Waals surface area contributed by atoms with Crippen LogP contribution in [0, 0.1) is 18.2 Å². The number of esters is 1. The molecule has 0 radical (unpaired) electrons. The molecule has 1 aromatic carbocycles. The number of carbonyl (C=O) groups excluding carboxylic acids is 1. The summed E-state index contributed by atoms with van der Waals surface area (Å²) in [6, 6.07) is 3.98. The van der Waals surface area contributed by atoms with E-state index in [1.165, 1.54) is 25.3 Å². The van der Waals surface area contributed by atoms with Crippen LogP contribution < -0.4 is 4.74 Å². The summed E-state index contributed by atoms with van der Waals surface area (Å²) in [4.78, 5) is 11.2. The lowest BCUT2D eigenvalue weighted by Crippen LogP contribution is -2.07. The van der Waals surface area contributed by atoms with Gasteiger partial charge in [-0.1, -0.05) is 12.0 Å². The molecule has 1 aromatic rings. The zero-order valence-corrected chi connectivity index (χ0v) is 8.12. The Bertz CT molecular complexity index is 407. The highest BCUT2D eigenvalue weighted by Crippen LogP contribution is 2.23. The van der Waals surface area contributed by atoms with Crippen LogP contribution in [-0.2, 0) is 4.74 Å². The summed E-state index contributed by atoms with van der Waals surface area (Å²) in [6.07, 6.45) is 4.97. The molecule has 0 aliphatic heterocycles. The SMILES string of the molecule is C#CCOc1c(F)cccc1C(=O)OC. The van der Waals surface area contributed by atoms with Gasteiger partial charge in [-0.2, -0.15) is 0 Å². The molecule has 0 saturated heterocycles. The van der Waals surface area contributed by atoms with E-state index in [2.05, 4.69) is 10.7 Å². The predicted molar refractivity (Wildman–Crippen MR) is 52.1 cm³/mol. The van der Waals surface area contributed by atoms with Crippen LogP contribution in [0.15, 0.2) is 18.2 Å². The van der Waals surface area contributed by atoms with Crippen molar-refractivity contribution in [3.8, 4) is 18.1 Å². The second-order valence-electron chi connectivity index (χ2n) is 2.60. The molecular weight excluding hydrogens is 199 g/mol. The van der Waals surface area contributed by atoms with Gasteiger partial charge in [0.15, 0.2) is 11.6 Å². The molecule has 15 heavy (non-hydrogen) atoms. The third-order valence-electron chi connectivity index (χ3n) is 1.67. The van der Waals surface area contributed by atoms with Gasteiger partial charge in [0, 0.05) is 0 Å². The van der Waals surface area contributed by atoms with Crippen molar-refractivity contribution >= 4 is 5.97 Å². The van der Waals surface area contributed by atoms with Gasteiger partial charge >= 0.3 is 5.97 Å². The lowest BCUT2D eigenvalue weighted by atomic mass is 10.2. The van der Waals surface area contributed by atoms with Crippen LogP contribution in [0.1, 0.15) is 10.4 Å². The van der Waals surface area contributed by atoms with Crippen molar-refractivity contribution in [2.75, 3.05) is 13.7 Å². The van der Waals surface area contributed by atoms with Gasteiger partial charge in [0.05, 0.1) is 7.11 Å². The number of terminal acetylenes is 1. The Labute approximate surface area is 86.8 Å². The van der Waals surface area contributed by atoms with Crippen LogP contribution in [0.2, 0.25) is 0 Å². The number of hydrogen-bond donors (Lipinski definition) is 0. The Kier molecular flexibility index (Phi) is 3.69. The van der Waals surface area contributed by atoms with E-state index in [0.29, 0.717) is 0 Å². The number of rotatable bonds is 3. The maximum Gasteiger partial charge on any atom is 0.341 e. The lowest BCUT2D eigenvalue weighted by Gasteiger charge is -2.08. The highest BCUT2D eigenvalue weighted by molar-refractivity contribution is 5.92. The first-order valence-corrected chi connectivity index (χ1v) is 4.13. The summed E-state index contributed by atoms with van der Waals surface area (Å²) in [7, 11) is 1.21. The van der Waals surface area contributed by atoms with Gasteiger partial charge in [0.2, 0.25) is 0 Å². The molecule has 0 aliphatic carbocycles. The van der Waals surface area contributed by atoms with Crippen molar-refractivity contribution in [2.24, 2.45) is 0 Å². The van der Waals surface area contributed by atoms with Crippen molar-refractivity contribution in [1.29, 1.82) is 0 Å². The van der Waals surface area contributed by atoms with Gasteiger partial charge in [-0.3, -0.25) is 0 Å². The average molecular weight is 208 g/mol. The molecule has 0 aliphatic rings. The van der Waals surface area contributed by atoms with E-state index in [1.54, 1.807) is 0 Å². The van der Waals surface area contributed by atoms with E-state index in [4.69, 9.17) is 11.2 Å². The molecule has 1 rings (SSSR count). The van der Waals surface area contributed by atoms with E-state index >= 15 is 0 Å². The highest BCUT2D eigenvalue weighted by atomic mass is 19.1. The van der Waals surface area contributed by atoms with Gasteiger partial charge < -0.3 is 9.47 Å². The summed E-state index contributed by atoms with van der Waals surface area (Å²) in [5.41, 5.74) is 0.0211. The summed E-state index contributed by atoms with van der Waals surface area (Å²) in [5, 5.41) is 0. The number of halogens is 1. The molecule has 0 saturated carbocycles. The van der Waals surface area contributed by atoms with Gasteiger partial charge in [-0.15, -0.1) is 6.42 Å². The zero-order chi connectivity index (χ0) is 11.3. The van der Waals surface area contributed by atoms with E-state index in [-0.39, 0.29) is 17.9 Å². The van der Waals surface area contributed by atoms with Crippen LogP contribution in [-0.4, -0.2) is 19.7 Å². The molecule has 0 heterocycles. The molecule has 0 unspecified atom stereocenters. The molecule has 0 spiro atoms. The van der Waals surface area contributed by atoms with Gasteiger partial charge in [0.25, 0.3) is 0 Å². The number of benzene rings is 1. The average Bonchev–Trinajstić information content (AvgIpc) is 2.26. The molecule has 0 N–H and O–H groups in total. The smallest absolute Gasteiger partial charge is 0.341 e. The first-order valence-electron chi connectivity index (χ1n) is 4.13.